The minimum Gasteiger partial charge on any atom is -0.325 e. The normalized spacial score (nSPS) is 22.7. The van der Waals surface area contributed by atoms with Crippen LogP contribution in [-0.2, 0) is 4.79 Å². The van der Waals surface area contributed by atoms with Crippen LogP contribution in [0.15, 0.2) is 24.3 Å². The van der Waals surface area contributed by atoms with Crippen molar-refractivity contribution in [2.24, 2.45) is 0 Å². The first kappa shape index (κ1) is 17.6. The van der Waals surface area contributed by atoms with E-state index in [0.29, 0.717) is 5.75 Å². The lowest BCUT2D eigenvalue weighted by molar-refractivity contribution is -0.128. The fraction of sp³-hybridized carbons (Fsp3) is 0.562. The van der Waals surface area contributed by atoms with Crippen LogP contribution in [0.2, 0.25) is 0 Å². The van der Waals surface area contributed by atoms with Crippen LogP contribution >= 0.6 is 24.2 Å². The van der Waals surface area contributed by atoms with Gasteiger partial charge in [-0.25, -0.2) is 4.39 Å². The summed E-state index contributed by atoms with van der Waals surface area (Å²) in [6.45, 7) is 4.02. The Labute approximate surface area is 141 Å². The van der Waals surface area contributed by atoms with E-state index in [1.54, 1.807) is 23.9 Å². The Kier molecular flexibility index (Phi) is 6.53. The molecule has 0 N–H and O–H groups in total. The van der Waals surface area contributed by atoms with Gasteiger partial charge in [-0.05, 0) is 43.6 Å². The lowest BCUT2D eigenvalue weighted by Crippen LogP contribution is -2.39. The first-order valence-corrected chi connectivity index (χ1v) is 8.68. The molecular weight excluding hydrogens is 323 g/mol. The molecule has 0 spiro atoms. The van der Waals surface area contributed by atoms with Crippen LogP contribution < -0.4 is 0 Å². The van der Waals surface area contributed by atoms with E-state index < -0.39 is 0 Å². The number of nitrogens with zero attached hydrogens (tertiary/aromatic N) is 2. The summed E-state index contributed by atoms with van der Waals surface area (Å²) in [4.78, 5) is 16.5. The second-order valence-corrected chi connectivity index (χ2v) is 6.77. The molecule has 3 nitrogen and oxygen atoms in total. The van der Waals surface area contributed by atoms with Gasteiger partial charge in [-0.2, -0.15) is 0 Å². The van der Waals surface area contributed by atoms with Crippen molar-refractivity contribution in [3.05, 3.63) is 35.6 Å². The minimum atomic E-state index is -0.229. The van der Waals surface area contributed by atoms with Gasteiger partial charge in [-0.15, -0.1) is 24.2 Å². The molecule has 22 heavy (non-hydrogen) atoms. The molecule has 1 aromatic rings. The summed E-state index contributed by atoms with van der Waals surface area (Å²) in [7, 11) is 0. The Morgan fingerprint density at radius 2 is 1.77 bits per heavy atom. The topological polar surface area (TPSA) is 23.6 Å². The Bertz CT molecular complexity index is 493. The summed E-state index contributed by atoms with van der Waals surface area (Å²) < 4.78 is 13.0. The van der Waals surface area contributed by atoms with Crippen molar-refractivity contribution in [1.82, 2.24) is 9.80 Å². The molecule has 2 aliphatic heterocycles. The third kappa shape index (κ3) is 4.15. The second kappa shape index (κ2) is 8.18. The molecule has 1 unspecified atom stereocenters. The van der Waals surface area contributed by atoms with Crippen LogP contribution in [0.1, 0.15) is 30.2 Å². The molecule has 0 aromatic heterocycles. The average molecular weight is 345 g/mol. The molecule has 3 rings (SSSR count). The molecule has 2 fully saturated rings. The number of rotatable bonds is 4. The Hall–Kier alpha value is -0.780. The number of piperidine rings is 1. The Morgan fingerprint density at radius 3 is 2.45 bits per heavy atom. The SMILES string of the molecule is Cl.O=C1CSC(c2ccc(F)cc2)N1CCN1CCCCC1. The molecule has 1 atom stereocenters. The van der Waals surface area contributed by atoms with Crippen LogP contribution in [0, 0.1) is 5.82 Å². The van der Waals surface area contributed by atoms with Gasteiger partial charge in [0.2, 0.25) is 5.91 Å². The molecule has 2 aliphatic rings. The highest BCUT2D eigenvalue weighted by Crippen LogP contribution is 2.38. The maximum atomic E-state index is 13.0. The molecule has 6 heteroatoms. The summed E-state index contributed by atoms with van der Waals surface area (Å²) >= 11 is 1.64. The minimum absolute atomic E-state index is 0. The lowest BCUT2D eigenvalue weighted by atomic mass is 10.1. The van der Waals surface area contributed by atoms with Crippen LogP contribution in [0.25, 0.3) is 0 Å². The van der Waals surface area contributed by atoms with Crippen molar-refractivity contribution in [3.8, 4) is 0 Å². The van der Waals surface area contributed by atoms with Gasteiger partial charge in [0, 0.05) is 13.1 Å². The van der Waals surface area contributed by atoms with Crippen LogP contribution in [0.3, 0.4) is 0 Å². The van der Waals surface area contributed by atoms with Gasteiger partial charge in [-0.1, -0.05) is 18.6 Å². The summed E-state index contributed by atoms with van der Waals surface area (Å²) in [6, 6.07) is 6.53. The summed E-state index contributed by atoms with van der Waals surface area (Å²) in [6.07, 6.45) is 3.86. The van der Waals surface area contributed by atoms with E-state index in [0.717, 1.165) is 31.7 Å². The largest absolute Gasteiger partial charge is 0.325 e. The van der Waals surface area contributed by atoms with Gasteiger partial charge in [0.25, 0.3) is 0 Å². The van der Waals surface area contributed by atoms with Gasteiger partial charge in [0.15, 0.2) is 0 Å². The van der Waals surface area contributed by atoms with E-state index in [1.807, 2.05) is 4.90 Å². The van der Waals surface area contributed by atoms with Gasteiger partial charge >= 0.3 is 0 Å². The summed E-state index contributed by atoms with van der Waals surface area (Å²) in [5.74, 6) is 0.501. The number of thioether (sulfide) groups is 1. The second-order valence-electron chi connectivity index (χ2n) is 5.70. The quantitative estimate of drug-likeness (QED) is 0.837. The summed E-state index contributed by atoms with van der Waals surface area (Å²) in [5, 5.41) is 0.0443. The molecule has 0 saturated carbocycles. The Morgan fingerprint density at radius 1 is 1.09 bits per heavy atom. The number of carbonyl (C=O) groups excluding carboxylic acids is 1. The monoisotopic (exact) mass is 344 g/mol. The van der Waals surface area contributed by atoms with Gasteiger partial charge in [0.05, 0.1) is 5.75 Å². The van der Waals surface area contributed by atoms with Gasteiger partial charge in [-0.3, -0.25) is 4.79 Å². The van der Waals surface area contributed by atoms with Crippen LogP contribution in [-0.4, -0.2) is 47.6 Å². The lowest BCUT2D eigenvalue weighted by Gasteiger charge is -2.30. The maximum absolute atomic E-state index is 13.0. The van der Waals surface area contributed by atoms with E-state index in [-0.39, 0.29) is 29.5 Å². The maximum Gasteiger partial charge on any atom is 0.233 e. The first-order chi connectivity index (χ1) is 10.2. The molecule has 0 bridgehead atoms. The number of hydrogen-bond acceptors (Lipinski definition) is 3. The van der Waals surface area contributed by atoms with Gasteiger partial charge in [0.1, 0.15) is 11.2 Å². The van der Waals surface area contributed by atoms with E-state index in [2.05, 4.69) is 4.90 Å². The molecule has 122 valence electrons. The van der Waals surface area contributed by atoms with Crippen molar-refractivity contribution in [3.63, 3.8) is 0 Å². The zero-order chi connectivity index (χ0) is 14.7. The zero-order valence-corrected chi connectivity index (χ0v) is 14.2. The average Bonchev–Trinajstić information content (AvgIpc) is 2.88. The molecule has 1 amide bonds. The standard InChI is InChI=1S/C16H21FN2OS.ClH/c17-14-6-4-13(5-7-14)16-19(15(20)12-21-16)11-10-18-8-2-1-3-9-18;/h4-7,16H,1-3,8-12H2;1H. The highest BCUT2D eigenvalue weighted by Gasteiger charge is 2.32. The third-order valence-electron chi connectivity index (χ3n) is 4.23. The number of amides is 1. The highest BCUT2D eigenvalue weighted by atomic mass is 35.5. The summed E-state index contributed by atoms with van der Waals surface area (Å²) in [5.41, 5.74) is 1.02. The van der Waals surface area contributed by atoms with Crippen LogP contribution in [0.4, 0.5) is 4.39 Å². The first-order valence-electron chi connectivity index (χ1n) is 7.63. The van der Waals surface area contributed by atoms with Crippen molar-refractivity contribution in [1.29, 1.82) is 0 Å². The smallest absolute Gasteiger partial charge is 0.233 e. The van der Waals surface area contributed by atoms with Crippen molar-refractivity contribution >= 4 is 30.1 Å². The molecule has 2 heterocycles. The molecule has 0 aliphatic carbocycles. The van der Waals surface area contributed by atoms with E-state index >= 15 is 0 Å². The van der Waals surface area contributed by atoms with Gasteiger partial charge < -0.3 is 9.80 Å². The van der Waals surface area contributed by atoms with E-state index in [4.69, 9.17) is 0 Å². The molecule has 0 radical (unpaired) electrons. The Balaban J connectivity index is 0.00000176. The number of halogens is 2. The van der Waals surface area contributed by atoms with E-state index in [1.165, 1.54) is 31.4 Å². The highest BCUT2D eigenvalue weighted by molar-refractivity contribution is 8.00. The molecule has 2 saturated heterocycles. The van der Waals surface area contributed by atoms with Crippen molar-refractivity contribution in [2.45, 2.75) is 24.6 Å². The van der Waals surface area contributed by atoms with Crippen LogP contribution in [0.5, 0.6) is 0 Å². The zero-order valence-electron chi connectivity index (χ0n) is 12.5. The van der Waals surface area contributed by atoms with Crippen molar-refractivity contribution in [2.75, 3.05) is 31.9 Å². The fourth-order valence-electron chi connectivity index (χ4n) is 3.03. The molecule has 1 aromatic carbocycles. The fourth-order valence-corrected chi connectivity index (χ4v) is 4.25. The number of hydrogen-bond donors (Lipinski definition) is 0. The number of benzene rings is 1. The number of likely N-dealkylation sites (tertiary alicyclic amines) is 1. The predicted molar refractivity (Wildman–Crippen MR) is 90.9 cm³/mol. The van der Waals surface area contributed by atoms with Crippen molar-refractivity contribution < 1.29 is 9.18 Å². The predicted octanol–water partition coefficient (Wildman–Crippen LogP) is 3.31. The number of carbonyl (C=O) groups is 1. The molecular formula is C16H22ClFN2OS. The third-order valence-corrected chi connectivity index (χ3v) is 5.49. The van der Waals surface area contributed by atoms with E-state index in [9.17, 15) is 9.18 Å².